The molecule has 0 radical (unpaired) electrons. The molecular formula is C27H30N4O. The summed E-state index contributed by atoms with van der Waals surface area (Å²) >= 11 is 0. The highest BCUT2D eigenvalue weighted by molar-refractivity contribution is 5.85. The molecule has 4 aromatic rings. The van der Waals surface area contributed by atoms with Crippen molar-refractivity contribution in [2.45, 2.75) is 19.8 Å². The second kappa shape index (κ2) is 8.32. The fourth-order valence-corrected chi connectivity index (χ4v) is 4.35. The minimum Gasteiger partial charge on any atom is -0.507 e. The van der Waals surface area contributed by atoms with E-state index in [0.717, 1.165) is 48.3 Å². The molecule has 1 fully saturated rings. The molecule has 0 atom stereocenters. The molecule has 0 saturated carbocycles. The lowest BCUT2D eigenvalue weighted by molar-refractivity contribution is 0.313. The first-order valence-corrected chi connectivity index (χ1v) is 11.3. The number of nitrogens with one attached hydrogen (secondary N) is 1. The van der Waals surface area contributed by atoms with Crippen molar-refractivity contribution in [2.24, 2.45) is 0 Å². The van der Waals surface area contributed by atoms with Crippen molar-refractivity contribution >= 4 is 16.7 Å². The normalized spacial score (nSPS) is 15.1. The summed E-state index contributed by atoms with van der Waals surface area (Å²) in [4.78, 5) is 13.0. The van der Waals surface area contributed by atoms with Gasteiger partial charge in [0.1, 0.15) is 11.6 Å². The molecule has 0 amide bonds. The highest BCUT2D eigenvalue weighted by atomic mass is 16.3. The third-order valence-electron chi connectivity index (χ3n) is 6.50. The molecule has 5 rings (SSSR count). The van der Waals surface area contributed by atoms with Crippen LogP contribution < -0.4 is 4.90 Å². The molecule has 5 heteroatoms. The quantitative estimate of drug-likeness (QED) is 0.454. The van der Waals surface area contributed by atoms with Crippen LogP contribution in [0.15, 0.2) is 60.7 Å². The van der Waals surface area contributed by atoms with E-state index in [9.17, 15) is 5.11 Å². The van der Waals surface area contributed by atoms with Crippen molar-refractivity contribution in [2.75, 3.05) is 38.1 Å². The molecule has 1 aliphatic heterocycles. The molecule has 5 nitrogen and oxygen atoms in total. The molecule has 1 saturated heterocycles. The number of rotatable bonds is 4. The molecule has 0 bridgehead atoms. The van der Waals surface area contributed by atoms with Gasteiger partial charge >= 0.3 is 0 Å². The van der Waals surface area contributed by atoms with Gasteiger partial charge in [0.25, 0.3) is 0 Å². The number of imidazole rings is 1. The summed E-state index contributed by atoms with van der Waals surface area (Å²) in [5.41, 5.74) is 7.33. The molecule has 2 heterocycles. The smallest absolute Gasteiger partial charge is 0.142 e. The zero-order valence-corrected chi connectivity index (χ0v) is 19.0. The van der Waals surface area contributed by atoms with E-state index in [2.05, 4.69) is 78.1 Å². The van der Waals surface area contributed by atoms with Gasteiger partial charge in [-0.1, -0.05) is 44.2 Å². The number of aromatic hydroxyl groups is 1. The Morgan fingerprint density at radius 3 is 2.31 bits per heavy atom. The van der Waals surface area contributed by atoms with Crippen LogP contribution in [0.1, 0.15) is 25.3 Å². The number of piperazine rings is 1. The lowest BCUT2D eigenvalue weighted by Gasteiger charge is -2.34. The first-order valence-electron chi connectivity index (χ1n) is 11.3. The Labute approximate surface area is 189 Å². The van der Waals surface area contributed by atoms with Crippen LogP contribution in [0.3, 0.4) is 0 Å². The van der Waals surface area contributed by atoms with Crippen LogP contribution in [0.2, 0.25) is 0 Å². The number of benzene rings is 3. The number of hydrogen-bond acceptors (Lipinski definition) is 4. The summed E-state index contributed by atoms with van der Waals surface area (Å²) in [5, 5.41) is 10.6. The Morgan fingerprint density at radius 1 is 0.875 bits per heavy atom. The van der Waals surface area contributed by atoms with Crippen LogP contribution in [0.25, 0.3) is 33.5 Å². The summed E-state index contributed by atoms with van der Waals surface area (Å²) in [5.74, 6) is 1.42. The monoisotopic (exact) mass is 426 g/mol. The number of hydrogen-bond donors (Lipinski definition) is 2. The number of aromatic nitrogens is 2. The maximum absolute atomic E-state index is 10.6. The molecular weight excluding hydrogens is 396 g/mol. The SMILES string of the molecule is CC(C)c1ccc(-c2ccc(O)c(-c3nc4ccc(N5CCN(C)CC5)cc4[nH]3)c2)cc1. The van der Waals surface area contributed by atoms with Crippen LogP contribution in [-0.2, 0) is 0 Å². The van der Waals surface area contributed by atoms with Crippen molar-refractivity contribution < 1.29 is 5.11 Å². The number of fused-ring (bicyclic) bond motifs is 1. The molecule has 3 aromatic carbocycles. The number of likely N-dealkylation sites (N-methyl/N-ethyl adjacent to an activating group) is 1. The van der Waals surface area contributed by atoms with E-state index in [1.165, 1.54) is 11.3 Å². The van der Waals surface area contributed by atoms with Gasteiger partial charge in [0.05, 0.1) is 16.6 Å². The van der Waals surface area contributed by atoms with E-state index in [-0.39, 0.29) is 5.75 Å². The lowest BCUT2D eigenvalue weighted by atomic mass is 9.97. The molecule has 2 N–H and O–H groups in total. The van der Waals surface area contributed by atoms with E-state index in [1.807, 2.05) is 12.1 Å². The van der Waals surface area contributed by atoms with Gasteiger partial charge in [0, 0.05) is 31.9 Å². The second-order valence-electron chi connectivity index (χ2n) is 9.09. The number of phenols is 1. The maximum atomic E-state index is 10.6. The molecule has 32 heavy (non-hydrogen) atoms. The number of aromatic amines is 1. The molecule has 0 spiro atoms. The number of nitrogens with zero attached hydrogens (tertiary/aromatic N) is 3. The minimum absolute atomic E-state index is 0.228. The van der Waals surface area contributed by atoms with Gasteiger partial charge in [-0.2, -0.15) is 0 Å². The zero-order chi connectivity index (χ0) is 22.2. The van der Waals surface area contributed by atoms with Crippen LogP contribution in [0, 0.1) is 0 Å². The number of H-pyrrole nitrogens is 1. The predicted molar refractivity (Wildman–Crippen MR) is 132 cm³/mol. The van der Waals surface area contributed by atoms with Crippen molar-refractivity contribution in [3.63, 3.8) is 0 Å². The maximum Gasteiger partial charge on any atom is 0.142 e. The van der Waals surface area contributed by atoms with Crippen molar-refractivity contribution in [3.05, 3.63) is 66.2 Å². The summed E-state index contributed by atoms with van der Waals surface area (Å²) in [6, 6.07) is 20.7. The number of phenolic OH excluding ortho intramolecular Hbond substituents is 1. The van der Waals surface area contributed by atoms with Gasteiger partial charge in [0.15, 0.2) is 0 Å². The van der Waals surface area contributed by atoms with E-state index in [0.29, 0.717) is 17.3 Å². The summed E-state index contributed by atoms with van der Waals surface area (Å²) in [7, 11) is 2.17. The molecule has 0 aliphatic carbocycles. The van der Waals surface area contributed by atoms with Gasteiger partial charge < -0.3 is 19.9 Å². The third-order valence-corrected chi connectivity index (χ3v) is 6.50. The first kappa shape index (κ1) is 20.6. The fourth-order valence-electron chi connectivity index (χ4n) is 4.35. The average Bonchev–Trinajstić information content (AvgIpc) is 3.23. The van der Waals surface area contributed by atoms with Crippen LogP contribution in [0.5, 0.6) is 5.75 Å². The Bertz CT molecular complexity index is 1230. The second-order valence-corrected chi connectivity index (χ2v) is 9.09. The topological polar surface area (TPSA) is 55.4 Å². The fraction of sp³-hybridized carbons (Fsp3) is 0.296. The largest absolute Gasteiger partial charge is 0.507 e. The summed E-state index contributed by atoms with van der Waals surface area (Å²) < 4.78 is 0. The summed E-state index contributed by atoms with van der Waals surface area (Å²) in [6.07, 6.45) is 0. The van der Waals surface area contributed by atoms with Crippen molar-refractivity contribution in [1.29, 1.82) is 0 Å². The van der Waals surface area contributed by atoms with Crippen molar-refractivity contribution in [3.8, 4) is 28.3 Å². The van der Waals surface area contributed by atoms with Crippen LogP contribution in [0.4, 0.5) is 5.69 Å². The van der Waals surface area contributed by atoms with Gasteiger partial charge in [-0.3, -0.25) is 0 Å². The average molecular weight is 427 g/mol. The Morgan fingerprint density at radius 2 is 1.59 bits per heavy atom. The molecule has 1 aliphatic rings. The lowest BCUT2D eigenvalue weighted by Crippen LogP contribution is -2.44. The number of anilines is 1. The Hall–Kier alpha value is -3.31. The van der Waals surface area contributed by atoms with E-state index in [1.54, 1.807) is 6.07 Å². The molecule has 0 unspecified atom stereocenters. The first-order chi connectivity index (χ1) is 15.5. The zero-order valence-electron chi connectivity index (χ0n) is 19.0. The van der Waals surface area contributed by atoms with Gasteiger partial charge in [-0.25, -0.2) is 4.98 Å². The Kier molecular flexibility index (Phi) is 5.35. The Balaban J connectivity index is 1.47. The van der Waals surface area contributed by atoms with Crippen molar-refractivity contribution in [1.82, 2.24) is 14.9 Å². The predicted octanol–water partition coefficient (Wildman–Crippen LogP) is 5.48. The van der Waals surface area contributed by atoms with Gasteiger partial charge in [0.2, 0.25) is 0 Å². The van der Waals surface area contributed by atoms with Crippen LogP contribution in [-0.4, -0.2) is 53.2 Å². The van der Waals surface area contributed by atoms with Gasteiger partial charge in [-0.15, -0.1) is 0 Å². The standard InChI is InChI=1S/C27H30N4O/c1-18(2)19-4-6-20(7-5-19)21-8-11-26(32)23(16-21)27-28-24-10-9-22(17-25(24)29-27)31-14-12-30(3)13-15-31/h4-11,16-18,32H,12-15H2,1-3H3,(H,28,29). The van der Waals surface area contributed by atoms with Gasteiger partial charge in [-0.05, 0) is 60.0 Å². The van der Waals surface area contributed by atoms with E-state index >= 15 is 0 Å². The van der Waals surface area contributed by atoms with Crippen LogP contribution >= 0.6 is 0 Å². The highest BCUT2D eigenvalue weighted by Crippen LogP contribution is 2.34. The molecule has 164 valence electrons. The molecule has 1 aromatic heterocycles. The van der Waals surface area contributed by atoms with E-state index in [4.69, 9.17) is 4.98 Å². The highest BCUT2D eigenvalue weighted by Gasteiger charge is 2.16. The third kappa shape index (κ3) is 3.96. The summed E-state index contributed by atoms with van der Waals surface area (Å²) in [6.45, 7) is 8.60. The van der Waals surface area contributed by atoms with E-state index < -0.39 is 0 Å². The minimum atomic E-state index is 0.228.